The van der Waals surface area contributed by atoms with Crippen LogP contribution in [0.2, 0.25) is 0 Å². The van der Waals surface area contributed by atoms with Crippen LogP contribution in [0.5, 0.6) is 0 Å². The molecule has 0 amide bonds. The summed E-state index contributed by atoms with van der Waals surface area (Å²) in [4.78, 5) is 21.4. The third-order valence-electron chi connectivity index (χ3n) is 2.94. The summed E-state index contributed by atoms with van der Waals surface area (Å²) in [5.41, 5.74) is -0.227. The fraction of sp³-hybridized carbons (Fsp3) is 0.308. The normalized spacial score (nSPS) is 12.7. The maximum absolute atomic E-state index is 12.6. The molecule has 0 aliphatic carbocycles. The second-order valence-corrected chi connectivity index (χ2v) is 6.20. The lowest BCUT2D eigenvalue weighted by molar-refractivity contribution is -0.384. The Labute approximate surface area is 128 Å². The highest BCUT2D eigenvalue weighted by Gasteiger charge is 2.32. The zero-order valence-electron chi connectivity index (χ0n) is 12.1. The molecule has 0 aromatic heterocycles. The van der Waals surface area contributed by atoms with Crippen molar-refractivity contribution in [3.8, 4) is 0 Å². The summed E-state index contributed by atoms with van der Waals surface area (Å²) in [6.07, 6.45) is 1.34. The summed E-state index contributed by atoms with van der Waals surface area (Å²) in [6, 6.07) is 3.35. The first kappa shape index (κ1) is 17.8. The second kappa shape index (κ2) is 7.14. The average molecular weight is 328 g/mol. The monoisotopic (exact) mass is 328 g/mol. The molecule has 0 heterocycles. The van der Waals surface area contributed by atoms with Gasteiger partial charge in [-0.05, 0) is 19.1 Å². The van der Waals surface area contributed by atoms with Crippen LogP contribution in [0, 0.1) is 10.1 Å². The Hall–Kier alpha value is -2.26. The number of nitrogens with zero attached hydrogens (tertiary/aromatic N) is 2. The summed E-state index contributed by atoms with van der Waals surface area (Å²) >= 11 is 0. The maximum atomic E-state index is 12.6. The number of carbonyl (C=O) groups is 1. The number of carbonyl (C=O) groups excluding carboxylic acids is 1. The zero-order chi connectivity index (χ0) is 16.9. The van der Waals surface area contributed by atoms with E-state index in [4.69, 9.17) is 0 Å². The van der Waals surface area contributed by atoms with E-state index >= 15 is 0 Å². The van der Waals surface area contributed by atoms with E-state index in [0.29, 0.717) is 0 Å². The highest BCUT2D eigenvalue weighted by Crippen LogP contribution is 2.21. The number of hydrogen-bond acceptors (Lipinski definition) is 6. The largest absolute Gasteiger partial charge is 0.468 e. The van der Waals surface area contributed by atoms with Gasteiger partial charge in [0, 0.05) is 18.7 Å². The number of nitro benzene ring substituents is 1. The molecule has 1 atom stereocenters. The number of ether oxygens (including phenoxy) is 1. The Balaban J connectivity index is 3.24. The molecule has 0 aliphatic heterocycles. The van der Waals surface area contributed by atoms with Gasteiger partial charge in [-0.15, -0.1) is 6.58 Å². The minimum atomic E-state index is -4.02. The molecule has 1 aromatic rings. The number of nitro groups is 1. The number of methoxy groups -OCH3 is 1. The summed E-state index contributed by atoms with van der Waals surface area (Å²) in [7, 11) is -2.87. The van der Waals surface area contributed by atoms with Gasteiger partial charge in [0.2, 0.25) is 10.0 Å². The molecule has 0 saturated heterocycles. The van der Waals surface area contributed by atoms with Crippen LogP contribution >= 0.6 is 0 Å². The quantitative estimate of drug-likeness (QED) is 0.323. The number of sulfonamides is 1. The highest BCUT2D eigenvalue weighted by molar-refractivity contribution is 7.89. The van der Waals surface area contributed by atoms with Crippen molar-refractivity contribution in [1.82, 2.24) is 4.31 Å². The predicted octanol–water partition coefficient (Wildman–Crippen LogP) is 1.33. The van der Waals surface area contributed by atoms with Crippen LogP contribution in [-0.4, -0.2) is 43.3 Å². The molecule has 0 fully saturated rings. The van der Waals surface area contributed by atoms with Crippen LogP contribution in [0.25, 0.3) is 0 Å². The SMILES string of the molecule is C=CCN(C(C)C(=O)OC)S(=O)(=O)c1ccc([N+](=O)[O-])cc1. The Morgan fingerprint density at radius 2 is 2.00 bits per heavy atom. The Bertz CT molecular complexity index is 668. The minimum Gasteiger partial charge on any atom is -0.468 e. The molecule has 22 heavy (non-hydrogen) atoms. The van der Waals surface area contributed by atoms with Gasteiger partial charge in [-0.3, -0.25) is 14.9 Å². The minimum absolute atomic E-state index is 0.102. The van der Waals surface area contributed by atoms with E-state index in [9.17, 15) is 23.3 Å². The molecule has 1 unspecified atom stereocenters. The van der Waals surface area contributed by atoms with Crippen molar-refractivity contribution in [2.75, 3.05) is 13.7 Å². The summed E-state index contributed by atoms with van der Waals surface area (Å²) in [6.45, 7) is 4.75. The van der Waals surface area contributed by atoms with Gasteiger partial charge in [0.15, 0.2) is 0 Å². The molecule has 0 saturated carbocycles. The van der Waals surface area contributed by atoms with Crippen LogP contribution in [0.4, 0.5) is 5.69 Å². The molecule has 0 spiro atoms. The van der Waals surface area contributed by atoms with E-state index in [1.807, 2.05) is 0 Å². The number of non-ortho nitro benzene ring substituents is 1. The second-order valence-electron chi connectivity index (χ2n) is 4.31. The van der Waals surface area contributed by atoms with Crippen LogP contribution in [0.15, 0.2) is 41.8 Å². The standard InChI is InChI=1S/C13H16N2O6S/c1-4-9-14(10(2)13(16)21-3)22(19,20)12-7-5-11(6-8-12)15(17)18/h4-8,10H,1,9H2,2-3H3. The van der Waals surface area contributed by atoms with Crippen molar-refractivity contribution in [2.45, 2.75) is 17.9 Å². The molecule has 1 aromatic carbocycles. The van der Waals surface area contributed by atoms with Crippen molar-refractivity contribution in [3.63, 3.8) is 0 Å². The molecule has 0 aliphatic rings. The van der Waals surface area contributed by atoms with Crippen LogP contribution in [0.3, 0.4) is 0 Å². The van der Waals surface area contributed by atoms with Crippen LogP contribution < -0.4 is 0 Å². The lowest BCUT2D eigenvalue weighted by Gasteiger charge is -2.25. The van der Waals surface area contributed by atoms with Crippen molar-refractivity contribution in [1.29, 1.82) is 0 Å². The first-order valence-electron chi connectivity index (χ1n) is 6.20. The van der Waals surface area contributed by atoms with Gasteiger partial charge in [-0.25, -0.2) is 8.42 Å². The molecule has 1 rings (SSSR count). The van der Waals surface area contributed by atoms with Crippen LogP contribution in [0.1, 0.15) is 6.92 Å². The fourth-order valence-electron chi connectivity index (χ4n) is 1.75. The highest BCUT2D eigenvalue weighted by atomic mass is 32.2. The fourth-order valence-corrected chi connectivity index (χ4v) is 3.31. The molecule has 0 radical (unpaired) electrons. The van der Waals surface area contributed by atoms with E-state index < -0.39 is 27.0 Å². The van der Waals surface area contributed by atoms with Crippen LogP contribution in [-0.2, 0) is 19.6 Å². The third kappa shape index (κ3) is 3.68. The lowest BCUT2D eigenvalue weighted by Crippen LogP contribution is -2.43. The molecule has 0 bridgehead atoms. The first-order valence-corrected chi connectivity index (χ1v) is 7.64. The summed E-state index contributed by atoms with van der Waals surface area (Å²) < 4.78 is 30.6. The molecule has 9 heteroatoms. The van der Waals surface area contributed by atoms with E-state index in [1.165, 1.54) is 13.0 Å². The Morgan fingerprint density at radius 3 is 2.41 bits per heavy atom. The molecular weight excluding hydrogens is 312 g/mol. The van der Waals surface area contributed by atoms with Crippen molar-refractivity contribution in [2.24, 2.45) is 0 Å². The van der Waals surface area contributed by atoms with E-state index in [0.717, 1.165) is 35.7 Å². The number of hydrogen-bond donors (Lipinski definition) is 0. The average Bonchev–Trinajstić information content (AvgIpc) is 2.50. The maximum Gasteiger partial charge on any atom is 0.323 e. The Morgan fingerprint density at radius 1 is 1.45 bits per heavy atom. The van der Waals surface area contributed by atoms with Gasteiger partial charge in [-0.2, -0.15) is 4.31 Å². The van der Waals surface area contributed by atoms with E-state index in [1.54, 1.807) is 0 Å². The topological polar surface area (TPSA) is 107 Å². The van der Waals surface area contributed by atoms with Crippen molar-refractivity contribution < 1.29 is 22.9 Å². The van der Waals surface area contributed by atoms with Gasteiger partial charge in [0.1, 0.15) is 6.04 Å². The molecule has 120 valence electrons. The lowest BCUT2D eigenvalue weighted by atomic mass is 10.3. The smallest absolute Gasteiger partial charge is 0.323 e. The van der Waals surface area contributed by atoms with E-state index in [2.05, 4.69) is 11.3 Å². The molecule has 0 N–H and O–H groups in total. The number of rotatable bonds is 7. The Kier molecular flexibility index (Phi) is 5.77. The van der Waals surface area contributed by atoms with Gasteiger partial charge in [0.25, 0.3) is 5.69 Å². The third-order valence-corrected chi connectivity index (χ3v) is 4.89. The number of esters is 1. The zero-order valence-corrected chi connectivity index (χ0v) is 12.9. The number of benzene rings is 1. The predicted molar refractivity (Wildman–Crippen MR) is 78.7 cm³/mol. The van der Waals surface area contributed by atoms with Gasteiger partial charge in [-0.1, -0.05) is 6.08 Å². The van der Waals surface area contributed by atoms with Crippen molar-refractivity contribution >= 4 is 21.7 Å². The summed E-state index contributed by atoms with van der Waals surface area (Å²) in [5, 5.41) is 10.6. The molecular formula is C13H16N2O6S. The first-order chi connectivity index (χ1) is 10.3. The summed E-state index contributed by atoms with van der Waals surface area (Å²) in [5.74, 6) is -0.715. The molecule has 8 nitrogen and oxygen atoms in total. The van der Waals surface area contributed by atoms with E-state index in [-0.39, 0.29) is 17.1 Å². The van der Waals surface area contributed by atoms with Gasteiger partial charge in [0.05, 0.1) is 16.9 Å². The van der Waals surface area contributed by atoms with Gasteiger partial charge >= 0.3 is 5.97 Å². The van der Waals surface area contributed by atoms with Gasteiger partial charge < -0.3 is 4.74 Å². The van der Waals surface area contributed by atoms with Crippen molar-refractivity contribution in [3.05, 3.63) is 47.0 Å².